The number of carbonyl (C=O) groups is 3. The summed E-state index contributed by atoms with van der Waals surface area (Å²) in [5.74, 6) is -1.23. The first kappa shape index (κ1) is 28.8. The second-order valence-corrected chi connectivity index (χ2v) is 11.9. The average Bonchev–Trinajstić information content (AvgIpc) is 3.09. The van der Waals surface area contributed by atoms with Crippen LogP contribution in [-0.4, -0.2) is 29.3 Å². The quantitative estimate of drug-likeness (QED) is 0.378. The van der Waals surface area contributed by atoms with E-state index in [2.05, 4.69) is 5.32 Å². The van der Waals surface area contributed by atoms with Gasteiger partial charge in [0.05, 0.1) is 11.7 Å². The second-order valence-electron chi connectivity index (χ2n) is 11.9. The minimum atomic E-state index is -1.63. The Morgan fingerprint density at radius 1 is 0.875 bits per heavy atom. The van der Waals surface area contributed by atoms with Crippen molar-refractivity contribution in [1.82, 2.24) is 5.32 Å². The summed E-state index contributed by atoms with van der Waals surface area (Å²) in [5, 5.41) is 2.91. The van der Waals surface area contributed by atoms with Crippen LogP contribution in [0.3, 0.4) is 0 Å². The average molecular weight is 547 g/mol. The molecule has 0 saturated carbocycles. The second kappa shape index (κ2) is 10.8. The lowest BCUT2D eigenvalue weighted by atomic mass is 9.68. The first-order valence-corrected chi connectivity index (χ1v) is 13.2. The van der Waals surface area contributed by atoms with Crippen LogP contribution in [0.15, 0.2) is 78.9 Å². The topological polar surface area (TPSA) is 84.9 Å². The molecule has 1 unspecified atom stereocenters. The van der Waals surface area contributed by atoms with Crippen molar-refractivity contribution in [2.45, 2.75) is 70.6 Å². The number of rotatable bonds is 5. The molecule has 1 N–H and O–H groups in total. The number of hydrogen-bond donors (Lipinski definition) is 1. The maximum Gasteiger partial charge on any atom is 0.421 e. The van der Waals surface area contributed by atoms with Crippen molar-refractivity contribution >= 4 is 23.8 Å². The number of alkyl carbamates (subject to hydrolysis) is 1. The van der Waals surface area contributed by atoms with Gasteiger partial charge in [-0.15, -0.1) is 0 Å². The van der Waals surface area contributed by atoms with Gasteiger partial charge < -0.3 is 14.8 Å². The lowest BCUT2D eigenvalue weighted by molar-refractivity contribution is -0.124. The number of benzene rings is 3. The van der Waals surface area contributed by atoms with Crippen LogP contribution in [0.25, 0.3) is 0 Å². The number of hydrogen-bond acceptors (Lipinski definition) is 5. The van der Waals surface area contributed by atoms with Gasteiger partial charge in [-0.25, -0.2) is 18.9 Å². The van der Waals surface area contributed by atoms with Gasteiger partial charge in [-0.2, -0.15) is 0 Å². The van der Waals surface area contributed by atoms with Crippen molar-refractivity contribution in [1.29, 1.82) is 0 Å². The maximum absolute atomic E-state index is 15.0. The molecule has 0 radical (unpaired) electrons. The molecule has 1 heterocycles. The maximum atomic E-state index is 15.0. The zero-order chi connectivity index (χ0) is 29.3. The summed E-state index contributed by atoms with van der Waals surface area (Å²) in [6.07, 6.45) is -1.59. The van der Waals surface area contributed by atoms with Gasteiger partial charge in [-0.3, -0.25) is 4.79 Å². The first-order valence-electron chi connectivity index (χ1n) is 13.2. The molecule has 0 bridgehead atoms. The monoisotopic (exact) mass is 546 g/mol. The molecular formula is C32H35FN2O5. The van der Waals surface area contributed by atoms with Gasteiger partial charge in [0.2, 0.25) is 5.91 Å². The number of amides is 3. The number of carbonyl (C=O) groups excluding carboxylic acids is 3. The summed E-state index contributed by atoms with van der Waals surface area (Å²) in [7, 11) is 0. The van der Waals surface area contributed by atoms with E-state index in [0.29, 0.717) is 5.56 Å². The molecule has 1 aliphatic heterocycles. The predicted octanol–water partition coefficient (Wildman–Crippen LogP) is 6.85. The van der Waals surface area contributed by atoms with E-state index in [4.69, 9.17) is 9.47 Å². The normalized spacial score (nSPS) is 17.7. The highest BCUT2D eigenvalue weighted by molar-refractivity contribution is 6.21. The van der Waals surface area contributed by atoms with Gasteiger partial charge in [0, 0.05) is 0 Å². The lowest BCUT2D eigenvalue weighted by Crippen LogP contribution is -2.54. The Labute approximate surface area is 234 Å². The van der Waals surface area contributed by atoms with Crippen molar-refractivity contribution in [2.24, 2.45) is 0 Å². The fourth-order valence-electron chi connectivity index (χ4n) is 5.01. The Morgan fingerprint density at radius 3 is 2.02 bits per heavy atom. The number of nitrogens with zero attached hydrogens (tertiary/aromatic N) is 1. The molecule has 0 aliphatic carbocycles. The molecular weight excluding hydrogens is 511 g/mol. The Balaban J connectivity index is 1.99. The van der Waals surface area contributed by atoms with Crippen LogP contribution in [0.4, 0.5) is 19.7 Å². The van der Waals surface area contributed by atoms with Crippen LogP contribution in [0.1, 0.15) is 64.3 Å². The molecule has 210 valence electrons. The van der Waals surface area contributed by atoms with Crippen molar-refractivity contribution in [3.8, 4) is 0 Å². The molecule has 1 aliphatic rings. The van der Waals surface area contributed by atoms with Crippen LogP contribution >= 0.6 is 0 Å². The molecule has 2 atom stereocenters. The summed E-state index contributed by atoms with van der Waals surface area (Å²) in [4.78, 5) is 42.4. The molecule has 3 aromatic rings. The van der Waals surface area contributed by atoms with Crippen molar-refractivity contribution in [3.05, 3.63) is 101 Å². The summed E-state index contributed by atoms with van der Waals surface area (Å²) in [5.41, 5.74) is -1.54. The standard InChI is InChI=1S/C32H35FN2O5/c1-30(2,3)39-28(37)34-26(22-15-11-8-12-16-22)32(20-21-13-9-7-10-14-21)24-19-23(33)17-18-25(24)35(27(32)36)29(38)40-31(4,5)6/h7-19,26H,20H2,1-6H3,(H,34,37)/t26-,32?/m1/s1. The number of ether oxygens (including phenoxy) is 2. The number of imide groups is 1. The molecule has 0 spiro atoms. The van der Waals surface area contributed by atoms with E-state index in [-0.39, 0.29) is 17.7 Å². The van der Waals surface area contributed by atoms with E-state index >= 15 is 0 Å². The summed E-state index contributed by atoms with van der Waals surface area (Å²) in [6, 6.07) is 21.0. The third-order valence-corrected chi connectivity index (χ3v) is 6.45. The third-order valence-electron chi connectivity index (χ3n) is 6.45. The van der Waals surface area contributed by atoms with Gasteiger partial charge in [-0.05, 0) is 82.9 Å². The minimum absolute atomic E-state index is 0.0534. The molecule has 4 rings (SSSR count). The highest BCUT2D eigenvalue weighted by Gasteiger charge is 2.59. The predicted molar refractivity (Wildman–Crippen MR) is 150 cm³/mol. The van der Waals surface area contributed by atoms with Gasteiger partial charge >= 0.3 is 12.2 Å². The van der Waals surface area contributed by atoms with Gasteiger partial charge in [0.1, 0.15) is 22.4 Å². The zero-order valence-electron chi connectivity index (χ0n) is 23.7. The van der Waals surface area contributed by atoms with Crippen LogP contribution in [-0.2, 0) is 26.1 Å². The van der Waals surface area contributed by atoms with E-state index in [1.54, 1.807) is 65.8 Å². The van der Waals surface area contributed by atoms with Gasteiger partial charge in [0.15, 0.2) is 0 Å². The third kappa shape index (κ3) is 6.01. The van der Waals surface area contributed by atoms with E-state index in [0.717, 1.165) is 10.5 Å². The highest BCUT2D eigenvalue weighted by Crippen LogP contribution is 2.51. The molecule has 7 nitrogen and oxygen atoms in total. The zero-order valence-corrected chi connectivity index (χ0v) is 23.7. The number of halogens is 1. The van der Waals surface area contributed by atoms with Crippen LogP contribution in [0.5, 0.6) is 0 Å². The Bertz CT molecular complexity index is 1400. The van der Waals surface area contributed by atoms with Crippen LogP contribution in [0.2, 0.25) is 0 Å². The largest absolute Gasteiger partial charge is 0.444 e. The number of fused-ring (bicyclic) bond motifs is 1. The summed E-state index contributed by atoms with van der Waals surface area (Å²) in [6.45, 7) is 10.3. The van der Waals surface area contributed by atoms with Crippen molar-refractivity contribution in [3.63, 3.8) is 0 Å². The molecule has 3 amide bonds. The van der Waals surface area contributed by atoms with Gasteiger partial charge in [0.25, 0.3) is 0 Å². The van der Waals surface area contributed by atoms with Crippen molar-refractivity contribution in [2.75, 3.05) is 4.90 Å². The van der Waals surface area contributed by atoms with E-state index in [1.807, 2.05) is 36.4 Å². The molecule has 0 fully saturated rings. The fraction of sp³-hybridized carbons (Fsp3) is 0.344. The summed E-state index contributed by atoms with van der Waals surface area (Å²) >= 11 is 0. The van der Waals surface area contributed by atoms with Crippen molar-refractivity contribution < 1.29 is 28.2 Å². The minimum Gasteiger partial charge on any atom is -0.444 e. The van der Waals surface area contributed by atoms with Crippen LogP contribution < -0.4 is 10.2 Å². The van der Waals surface area contributed by atoms with Gasteiger partial charge in [-0.1, -0.05) is 60.7 Å². The lowest BCUT2D eigenvalue weighted by Gasteiger charge is -2.38. The first-order chi connectivity index (χ1) is 18.7. The highest BCUT2D eigenvalue weighted by atomic mass is 19.1. The Morgan fingerprint density at radius 2 is 1.45 bits per heavy atom. The van der Waals surface area contributed by atoms with E-state index < -0.39 is 46.6 Å². The fourth-order valence-corrected chi connectivity index (χ4v) is 5.01. The smallest absolute Gasteiger partial charge is 0.421 e. The van der Waals surface area contributed by atoms with Crippen LogP contribution in [0, 0.1) is 5.82 Å². The molecule has 40 heavy (non-hydrogen) atoms. The Kier molecular flexibility index (Phi) is 7.74. The SMILES string of the molecule is CC(C)(C)OC(=O)N[C@H](c1ccccc1)C1(Cc2ccccc2)C(=O)N(C(=O)OC(C)(C)C)c2ccc(F)cc21. The Hall–Kier alpha value is -4.20. The van der Waals surface area contributed by atoms with E-state index in [9.17, 15) is 18.8 Å². The number of anilines is 1. The summed E-state index contributed by atoms with van der Waals surface area (Å²) < 4.78 is 26.2. The molecule has 0 saturated heterocycles. The molecule has 3 aromatic carbocycles. The molecule has 0 aromatic heterocycles. The van der Waals surface area contributed by atoms with E-state index in [1.165, 1.54) is 18.2 Å². The molecule has 8 heteroatoms. The number of nitrogens with one attached hydrogen (secondary N) is 1.